The number of aryl methyl sites for hydroxylation is 1. The number of thiophene rings is 2. The maximum absolute atomic E-state index is 8.49. The van der Waals surface area contributed by atoms with Gasteiger partial charge in [-0.15, -0.1) is 22.7 Å². The van der Waals surface area contributed by atoms with Gasteiger partial charge in [0.1, 0.15) is 5.84 Å². The Kier molecular flexibility index (Phi) is 10.6. The van der Waals surface area contributed by atoms with E-state index in [-0.39, 0.29) is 5.84 Å². The van der Waals surface area contributed by atoms with E-state index in [1.165, 1.54) is 63.8 Å². The van der Waals surface area contributed by atoms with E-state index in [2.05, 4.69) is 182 Å². The smallest absolute Gasteiger partial charge is 0.154 e. The van der Waals surface area contributed by atoms with Crippen molar-refractivity contribution in [2.75, 3.05) is 0 Å². The van der Waals surface area contributed by atoms with E-state index in [1.807, 2.05) is 53.8 Å². The average Bonchev–Trinajstić information content (AvgIpc) is 3.90. The summed E-state index contributed by atoms with van der Waals surface area (Å²) in [6.07, 6.45) is 0. The molecule has 0 saturated carbocycles. The maximum Gasteiger partial charge on any atom is 0.154 e. The van der Waals surface area contributed by atoms with Gasteiger partial charge in [-0.3, -0.25) is 5.41 Å². The lowest BCUT2D eigenvalue weighted by Crippen LogP contribution is -2.16. The lowest BCUT2D eigenvalue weighted by atomic mass is 9.92. The Bertz CT molecular complexity index is 3450. The van der Waals surface area contributed by atoms with E-state index >= 15 is 0 Å². The molecule has 11 rings (SSSR count). The van der Waals surface area contributed by atoms with Gasteiger partial charge >= 0.3 is 0 Å². The summed E-state index contributed by atoms with van der Waals surface area (Å²) in [5.41, 5.74) is 19.2. The van der Waals surface area contributed by atoms with Gasteiger partial charge in [0.2, 0.25) is 0 Å². The van der Waals surface area contributed by atoms with Gasteiger partial charge in [-0.1, -0.05) is 170 Å². The van der Waals surface area contributed by atoms with Crippen LogP contribution >= 0.6 is 22.7 Å². The molecule has 0 fully saturated rings. The minimum atomic E-state index is 0.151. The third kappa shape index (κ3) is 7.60. The SMILES string of the molecule is Cc1ccccc1-c1ccc2sc3ccccc3c2c1.N=C(N=C(N)c1cccc2sc3ccc(-c4cccc(-c5ccccc5-c5ccccc5)c4)cc3c12)c1ccccc1. The van der Waals surface area contributed by atoms with E-state index in [1.54, 1.807) is 11.3 Å². The molecule has 0 aliphatic heterocycles. The normalized spacial score (nSPS) is 11.5. The second kappa shape index (κ2) is 16.9. The summed E-state index contributed by atoms with van der Waals surface area (Å²) in [5, 5.41) is 13.4. The first-order chi connectivity index (χ1) is 30.5. The maximum atomic E-state index is 8.49. The van der Waals surface area contributed by atoms with Crippen LogP contribution < -0.4 is 5.73 Å². The second-order valence-electron chi connectivity index (χ2n) is 15.3. The lowest BCUT2D eigenvalue weighted by molar-refractivity contribution is 1.40. The van der Waals surface area contributed by atoms with Crippen LogP contribution in [0.3, 0.4) is 0 Å². The van der Waals surface area contributed by atoms with Gasteiger partial charge in [0.05, 0.1) is 0 Å². The molecule has 5 heteroatoms. The molecule has 0 amide bonds. The van der Waals surface area contributed by atoms with E-state index < -0.39 is 0 Å². The standard InChI is InChI=1S/C38H27N3S.C19H14S/c39-37(26-13-5-2-6-14-26)41-38(40)32-19-10-20-35-36(32)33-24-28(21-22-34(33)42-35)27-15-9-16-29(23-27)31-18-8-7-17-30(31)25-11-3-1-4-12-25;1-13-6-2-3-7-15(13)14-10-11-19-17(12-14)16-8-4-5-9-18(16)20-19/h1-24H,(H3,39,40,41);2-12H,1H3. The molecule has 2 aromatic heterocycles. The van der Waals surface area contributed by atoms with Gasteiger partial charge in [-0.05, 0) is 99.5 Å². The van der Waals surface area contributed by atoms with Crippen molar-refractivity contribution >= 4 is 74.7 Å². The molecule has 0 saturated heterocycles. The molecular formula is C57H41N3S2. The summed E-state index contributed by atoms with van der Waals surface area (Å²) < 4.78 is 5.07. The van der Waals surface area contributed by atoms with Crippen molar-refractivity contribution < 1.29 is 0 Å². The Morgan fingerprint density at radius 3 is 1.73 bits per heavy atom. The fourth-order valence-electron chi connectivity index (χ4n) is 8.32. The molecule has 3 nitrogen and oxygen atoms in total. The average molecular weight is 832 g/mol. The predicted molar refractivity (Wildman–Crippen MR) is 269 cm³/mol. The zero-order valence-electron chi connectivity index (χ0n) is 34.0. The molecule has 0 unspecified atom stereocenters. The Morgan fingerprint density at radius 2 is 0.935 bits per heavy atom. The Balaban J connectivity index is 0.000000190. The van der Waals surface area contributed by atoms with Gasteiger partial charge in [0.15, 0.2) is 5.84 Å². The first-order valence-corrected chi connectivity index (χ1v) is 22.3. The third-order valence-electron chi connectivity index (χ3n) is 11.4. The molecule has 0 bridgehead atoms. The highest BCUT2D eigenvalue weighted by molar-refractivity contribution is 7.26. The highest BCUT2D eigenvalue weighted by Crippen LogP contribution is 2.40. The number of amidine groups is 2. The summed E-state index contributed by atoms with van der Waals surface area (Å²) in [6, 6.07) is 74.2. The Hall–Kier alpha value is -7.44. The van der Waals surface area contributed by atoms with Crippen molar-refractivity contribution in [3.63, 3.8) is 0 Å². The van der Waals surface area contributed by atoms with Gasteiger partial charge in [0.25, 0.3) is 0 Å². The number of nitrogens with one attached hydrogen (secondary N) is 1. The summed E-state index contributed by atoms with van der Waals surface area (Å²) >= 11 is 3.62. The van der Waals surface area contributed by atoms with Crippen molar-refractivity contribution in [1.29, 1.82) is 5.41 Å². The molecule has 296 valence electrons. The number of nitrogens with two attached hydrogens (primary N) is 1. The number of hydrogen-bond acceptors (Lipinski definition) is 3. The fraction of sp³-hybridized carbons (Fsp3) is 0.0175. The van der Waals surface area contributed by atoms with Crippen molar-refractivity contribution in [1.82, 2.24) is 0 Å². The lowest BCUT2D eigenvalue weighted by Gasteiger charge is -2.12. The number of fused-ring (bicyclic) bond motifs is 6. The van der Waals surface area contributed by atoms with Gasteiger partial charge in [-0.2, -0.15) is 0 Å². The minimum Gasteiger partial charge on any atom is -0.383 e. The van der Waals surface area contributed by atoms with Crippen molar-refractivity contribution in [2.45, 2.75) is 6.92 Å². The van der Waals surface area contributed by atoms with Crippen LogP contribution in [0, 0.1) is 12.3 Å². The third-order valence-corrected chi connectivity index (χ3v) is 13.7. The highest BCUT2D eigenvalue weighted by Gasteiger charge is 2.15. The van der Waals surface area contributed by atoms with E-state index in [0.29, 0.717) is 5.84 Å². The largest absolute Gasteiger partial charge is 0.383 e. The summed E-state index contributed by atoms with van der Waals surface area (Å²) in [7, 11) is 0. The molecule has 0 aliphatic rings. The molecule has 0 aliphatic carbocycles. The molecule has 11 aromatic rings. The first kappa shape index (κ1) is 38.7. The predicted octanol–water partition coefficient (Wildman–Crippen LogP) is 15.8. The van der Waals surface area contributed by atoms with Crippen LogP contribution in [-0.2, 0) is 0 Å². The van der Waals surface area contributed by atoms with Crippen LogP contribution in [0.15, 0.2) is 217 Å². The van der Waals surface area contributed by atoms with Crippen LogP contribution in [0.2, 0.25) is 0 Å². The molecular weight excluding hydrogens is 791 g/mol. The quantitative estimate of drug-likeness (QED) is 0.127. The number of rotatable bonds is 6. The molecule has 0 radical (unpaired) electrons. The van der Waals surface area contributed by atoms with Crippen LogP contribution in [0.1, 0.15) is 16.7 Å². The molecule has 62 heavy (non-hydrogen) atoms. The Labute approximate surface area is 369 Å². The summed E-state index contributed by atoms with van der Waals surface area (Å²) in [4.78, 5) is 4.50. The monoisotopic (exact) mass is 831 g/mol. The first-order valence-electron chi connectivity index (χ1n) is 20.6. The Morgan fingerprint density at radius 1 is 0.419 bits per heavy atom. The van der Waals surface area contributed by atoms with E-state index in [0.717, 1.165) is 37.7 Å². The molecule has 3 N–H and O–H groups in total. The van der Waals surface area contributed by atoms with Gasteiger partial charge in [-0.25, -0.2) is 4.99 Å². The number of hydrogen-bond donors (Lipinski definition) is 2. The molecule has 2 heterocycles. The molecule has 0 atom stereocenters. The van der Waals surface area contributed by atoms with Crippen molar-refractivity contribution in [3.8, 4) is 44.5 Å². The second-order valence-corrected chi connectivity index (χ2v) is 17.5. The van der Waals surface area contributed by atoms with Gasteiger partial charge < -0.3 is 5.73 Å². The number of benzene rings is 9. The number of nitrogens with zero attached hydrogens (tertiary/aromatic N) is 1. The summed E-state index contributed by atoms with van der Waals surface area (Å²) in [5.74, 6) is 0.497. The molecule has 0 spiro atoms. The highest BCUT2D eigenvalue weighted by atomic mass is 32.1. The van der Waals surface area contributed by atoms with Crippen LogP contribution in [0.25, 0.3) is 84.9 Å². The fourth-order valence-corrected chi connectivity index (χ4v) is 10.5. The van der Waals surface area contributed by atoms with Crippen LogP contribution in [-0.4, -0.2) is 11.7 Å². The van der Waals surface area contributed by atoms with Gasteiger partial charge in [0, 0.05) is 51.5 Å². The number of aliphatic imine (C=N–C) groups is 1. The topological polar surface area (TPSA) is 62.2 Å². The van der Waals surface area contributed by atoms with Crippen LogP contribution in [0.5, 0.6) is 0 Å². The zero-order chi connectivity index (χ0) is 42.0. The zero-order valence-corrected chi connectivity index (χ0v) is 35.7. The van der Waals surface area contributed by atoms with Crippen molar-refractivity contribution in [2.24, 2.45) is 10.7 Å². The minimum absolute atomic E-state index is 0.151. The van der Waals surface area contributed by atoms with Crippen molar-refractivity contribution in [3.05, 3.63) is 229 Å². The van der Waals surface area contributed by atoms with Crippen LogP contribution in [0.4, 0.5) is 0 Å². The molecule has 9 aromatic carbocycles. The van der Waals surface area contributed by atoms with E-state index in [4.69, 9.17) is 11.1 Å². The van der Waals surface area contributed by atoms with E-state index in [9.17, 15) is 0 Å². The summed E-state index contributed by atoms with van der Waals surface area (Å²) in [6.45, 7) is 2.17.